The van der Waals surface area contributed by atoms with Crippen molar-refractivity contribution in [2.24, 2.45) is 5.84 Å². The van der Waals surface area contributed by atoms with Crippen LogP contribution in [0.4, 0.5) is 0 Å². The van der Waals surface area contributed by atoms with Gasteiger partial charge in [0.25, 0.3) is 0 Å². The van der Waals surface area contributed by atoms with Crippen LogP contribution < -0.4 is 11.3 Å². The molecule has 92 valence electrons. The van der Waals surface area contributed by atoms with Gasteiger partial charge in [0.15, 0.2) is 0 Å². The summed E-state index contributed by atoms with van der Waals surface area (Å²) in [6.07, 6.45) is 0. The van der Waals surface area contributed by atoms with Crippen LogP contribution in [0.2, 0.25) is 0 Å². The van der Waals surface area contributed by atoms with Gasteiger partial charge >= 0.3 is 0 Å². The lowest BCUT2D eigenvalue weighted by atomic mass is 9.97. The average molecular weight is 248 g/mol. The predicted molar refractivity (Wildman–Crippen MR) is 71.5 cm³/mol. The second-order valence-electron chi connectivity index (χ2n) is 4.07. The monoisotopic (exact) mass is 248 g/mol. The summed E-state index contributed by atoms with van der Waals surface area (Å²) in [6, 6.07) is 18.5. The first kappa shape index (κ1) is 12.8. The van der Waals surface area contributed by atoms with Gasteiger partial charge in [-0.25, -0.2) is 5.43 Å². The quantitative estimate of drug-likeness (QED) is 0.642. The first-order valence-corrected chi connectivity index (χ1v) is 5.74. The second-order valence-corrected chi connectivity index (χ2v) is 4.07. The van der Waals surface area contributed by atoms with Crippen molar-refractivity contribution in [3.05, 3.63) is 70.8 Å². The summed E-state index contributed by atoms with van der Waals surface area (Å²) in [5.41, 5.74) is 5.89. The number of hydrogen-bond acceptors (Lipinski definition) is 4. The van der Waals surface area contributed by atoms with E-state index in [4.69, 9.17) is 16.4 Å². The predicted octanol–water partition coefficient (Wildman–Crippen LogP) is 1.98. The Hall–Kier alpha value is -2.66. The SMILES string of the molecule is N#Cc1ccc(C(NN)c2ccc(C#N)cc2)cc1. The number of nitrogens with zero attached hydrogens (tertiary/aromatic N) is 2. The molecule has 0 aliphatic carbocycles. The molecule has 0 saturated carbocycles. The first-order chi connectivity index (χ1) is 9.28. The van der Waals surface area contributed by atoms with Gasteiger partial charge < -0.3 is 0 Å². The van der Waals surface area contributed by atoms with Crippen molar-refractivity contribution in [1.29, 1.82) is 10.5 Å². The fourth-order valence-electron chi connectivity index (χ4n) is 1.89. The molecule has 0 aliphatic rings. The van der Waals surface area contributed by atoms with E-state index >= 15 is 0 Å². The molecule has 0 radical (unpaired) electrons. The van der Waals surface area contributed by atoms with Gasteiger partial charge in [0.1, 0.15) is 0 Å². The van der Waals surface area contributed by atoms with Crippen molar-refractivity contribution in [1.82, 2.24) is 5.43 Å². The second kappa shape index (κ2) is 5.79. The number of nitriles is 2. The maximum absolute atomic E-state index is 8.78. The average Bonchev–Trinajstić information content (AvgIpc) is 2.49. The van der Waals surface area contributed by atoms with E-state index in [2.05, 4.69) is 17.6 Å². The van der Waals surface area contributed by atoms with E-state index in [9.17, 15) is 0 Å². The molecule has 0 amide bonds. The highest BCUT2D eigenvalue weighted by Gasteiger charge is 2.12. The Morgan fingerprint density at radius 1 is 0.789 bits per heavy atom. The summed E-state index contributed by atoms with van der Waals surface area (Å²) < 4.78 is 0. The molecule has 0 spiro atoms. The van der Waals surface area contributed by atoms with Gasteiger partial charge in [0, 0.05) is 0 Å². The van der Waals surface area contributed by atoms with Crippen LogP contribution in [0.5, 0.6) is 0 Å². The summed E-state index contributed by atoms with van der Waals surface area (Å²) in [5, 5.41) is 17.6. The largest absolute Gasteiger partial charge is 0.271 e. The lowest BCUT2D eigenvalue weighted by molar-refractivity contribution is 0.637. The van der Waals surface area contributed by atoms with E-state index in [0.717, 1.165) is 11.1 Å². The Bertz CT molecular complexity index is 572. The summed E-state index contributed by atoms with van der Waals surface area (Å²) in [4.78, 5) is 0. The van der Waals surface area contributed by atoms with Crippen LogP contribution in [0.25, 0.3) is 0 Å². The standard InChI is InChI=1S/C15H12N4/c16-9-11-1-5-13(6-2-11)15(19-18)14-7-3-12(10-17)4-8-14/h1-8,15,19H,18H2. The van der Waals surface area contributed by atoms with Gasteiger partial charge in [-0.15, -0.1) is 0 Å². The van der Waals surface area contributed by atoms with Crippen molar-refractivity contribution < 1.29 is 0 Å². The Labute approximate surface area is 111 Å². The molecule has 4 heteroatoms. The molecule has 0 fully saturated rings. The van der Waals surface area contributed by atoms with Crippen molar-refractivity contribution in [3.63, 3.8) is 0 Å². The first-order valence-electron chi connectivity index (χ1n) is 5.74. The third kappa shape index (κ3) is 2.78. The van der Waals surface area contributed by atoms with E-state index in [-0.39, 0.29) is 6.04 Å². The minimum atomic E-state index is -0.166. The fourth-order valence-corrected chi connectivity index (χ4v) is 1.89. The smallest absolute Gasteiger partial charge is 0.0991 e. The third-order valence-electron chi connectivity index (χ3n) is 2.91. The molecule has 3 N–H and O–H groups in total. The minimum Gasteiger partial charge on any atom is -0.271 e. The maximum atomic E-state index is 8.78. The molecule has 2 aromatic rings. The molecule has 0 atom stereocenters. The van der Waals surface area contributed by atoms with Crippen LogP contribution in [0.1, 0.15) is 28.3 Å². The third-order valence-corrected chi connectivity index (χ3v) is 2.91. The molecule has 0 aliphatic heterocycles. The number of rotatable bonds is 3. The Morgan fingerprint density at radius 3 is 1.42 bits per heavy atom. The van der Waals surface area contributed by atoms with Gasteiger partial charge in [-0.1, -0.05) is 24.3 Å². The van der Waals surface area contributed by atoms with E-state index in [1.54, 1.807) is 24.3 Å². The molecule has 0 aromatic heterocycles. The van der Waals surface area contributed by atoms with Crippen LogP contribution >= 0.6 is 0 Å². The maximum Gasteiger partial charge on any atom is 0.0991 e. The fraction of sp³-hybridized carbons (Fsp3) is 0.0667. The van der Waals surface area contributed by atoms with Crippen LogP contribution in [-0.2, 0) is 0 Å². The van der Waals surface area contributed by atoms with Gasteiger partial charge in [-0.05, 0) is 35.4 Å². The number of benzene rings is 2. The molecular weight excluding hydrogens is 236 g/mol. The van der Waals surface area contributed by atoms with Crippen molar-refractivity contribution in [2.45, 2.75) is 6.04 Å². The minimum absolute atomic E-state index is 0.166. The highest BCUT2D eigenvalue weighted by molar-refractivity contribution is 5.39. The van der Waals surface area contributed by atoms with Gasteiger partial charge in [-0.2, -0.15) is 10.5 Å². The molecule has 2 rings (SSSR count). The molecule has 0 heterocycles. The van der Waals surface area contributed by atoms with Crippen molar-refractivity contribution in [3.8, 4) is 12.1 Å². The zero-order valence-corrected chi connectivity index (χ0v) is 10.2. The summed E-state index contributed by atoms with van der Waals surface area (Å²) in [7, 11) is 0. The number of nitrogens with one attached hydrogen (secondary N) is 1. The molecular formula is C15H12N4. The number of hydrazine groups is 1. The normalized spacial score (nSPS) is 9.89. The summed E-state index contributed by atoms with van der Waals surface area (Å²) in [5.74, 6) is 5.60. The molecule has 2 aromatic carbocycles. The Morgan fingerprint density at radius 2 is 1.16 bits per heavy atom. The zero-order valence-electron chi connectivity index (χ0n) is 10.2. The molecule has 0 unspecified atom stereocenters. The van der Waals surface area contributed by atoms with Gasteiger partial charge in [0.2, 0.25) is 0 Å². The lowest BCUT2D eigenvalue weighted by Crippen LogP contribution is -2.28. The Kier molecular flexibility index (Phi) is 3.90. The topological polar surface area (TPSA) is 85.6 Å². The van der Waals surface area contributed by atoms with Crippen LogP contribution in [0.3, 0.4) is 0 Å². The van der Waals surface area contributed by atoms with E-state index in [0.29, 0.717) is 11.1 Å². The summed E-state index contributed by atoms with van der Waals surface area (Å²) in [6.45, 7) is 0. The number of nitrogens with two attached hydrogens (primary N) is 1. The van der Waals surface area contributed by atoms with Crippen LogP contribution in [0, 0.1) is 22.7 Å². The van der Waals surface area contributed by atoms with Gasteiger partial charge in [-0.3, -0.25) is 5.84 Å². The Balaban J connectivity index is 2.33. The highest BCUT2D eigenvalue weighted by Crippen LogP contribution is 2.21. The van der Waals surface area contributed by atoms with Gasteiger partial charge in [0.05, 0.1) is 29.3 Å². The summed E-state index contributed by atoms with van der Waals surface area (Å²) >= 11 is 0. The van der Waals surface area contributed by atoms with Crippen molar-refractivity contribution >= 4 is 0 Å². The van der Waals surface area contributed by atoms with Crippen LogP contribution in [0.15, 0.2) is 48.5 Å². The molecule has 4 nitrogen and oxygen atoms in total. The lowest BCUT2D eigenvalue weighted by Gasteiger charge is -2.16. The molecule has 19 heavy (non-hydrogen) atoms. The highest BCUT2D eigenvalue weighted by atomic mass is 15.2. The number of hydrogen-bond donors (Lipinski definition) is 2. The van der Waals surface area contributed by atoms with E-state index < -0.39 is 0 Å². The van der Waals surface area contributed by atoms with E-state index in [1.807, 2.05) is 24.3 Å². The molecule has 0 bridgehead atoms. The van der Waals surface area contributed by atoms with Crippen molar-refractivity contribution in [2.75, 3.05) is 0 Å². The zero-order chi connectivity index (χ0) is 13.7. The molecule has 0 saturated heterocycles. The van der Waals surface area contributed by atoms with Crippen LogP contribution in [-0.4, -0.2) is 0 Å². The van der Waals surface area contributed by atoms with E-state index in [1.165, 1.54) is 0 Å².